The third-order valence-electron chi connectivity index (χ3n) is 8.46. The summed E-state index contributed by atoms with van der Waals surface area (Å²) in [6.07, 6.45) is 10.9. The molecule has 1 saturated heterocycles. The van der Waals surface area contributed by atoms with E-state index in [-0.39, 0.29) is 17.9 Å². The Hall–Kier alpha value is -2.70. The Labute approximate surface area is 252 Å². The summed E-state index contributed by atoms with van der Waals surface area (Å²) in [5.74, 6) is 0.0295. The van der Waals surface area contributed by atoms with Crippen LogP contribution in [0.1, 0.15) is 104 Å². The van der Waals surface area contributed by atoms with Crippen molar-refractivity contribution in [3.8, 4) is 0 Å². The van der Waals surface area contributed by atoms with Crippen LogP contribution in [0, 0.1) is 17.0 Å². The number of nitrogens with zero attached hydrogens (tertiary/aromatic N) is 1. The molecule has 2 aliphatic carbocycles. The number of Topliss-reactive ketones (excluding diaryl/α,β-unsaturated/α-hetero) is 2. The second kappa shape index (κ2) is 15.7. The van der Waals surface area contributed by atoms with Gasteiger partial charge >= 0.3 is 0 Å². The SMILES string of the molecule is CC.CC(=O)C1C=C(c2ccc(F)cc2F)C(C)N1.CC(=O)CC1(C)CN(C2CCCC2)C1.c1ccc(C2CC2)cc1. The van der Waals surface area contributed by atoms with Crippen molar-refractivity contribution in [2.24, 2.45) is 5.41 Å². The molecule has 230 valence electrons. The van der Waals surface area contributed by atoms with Crippen LogP contribution in [0.25, 0.3) is 5.57 Å². The van der Waals surface area contributed by atoms with Gasteiger partial charge in [-0.15, -0.1) is 0 Å². The number of carbonyl (C=O) groups excluding carboxylic acids is 2. The monoisotopic (exact) mass is 580 g/mol. The first-order valence-corrected chi connectivity index (χ1v) is 15.8. The first kappa shape index (κ1) is 33.8. The number of hydrogen-bond acceptors (Lipinski definition) is 4. The Kier molecular flexibility index (Phi) is 12.6. The summed E-state index contributed by atoms with van der Waals surface area (Å²) >= 11 is 0. The van der Waals surface area contributed by atoms with Crippen molar-refractivity contribution in [2.45, 2.75) is 111 Å². The highest BCUT2D eigenvalue weighted by Crippen LogP contribution is 2.40. The maximum atomic E-state index is 13.6. The lowest BCUT2D eigenvalue weighted by Crippen LogP contribution is -2.58. The number of ketones is 2. The van der Waals surface area contributed by atoms with Gasteiger partial charge in [-0.1, -0.05) is 70.0 Å². The molecule has 0 aromatic heterocycles. The molecule has 0 radical (unpaired) electrons. The third kappa shape index (κ3) is 9.67. The largest absolute Gasteiger partial charge is 0.300 e. The van der Waals surface area contributed by atoms with E-state index in [4.69, 9.17) is 0 Å². The molecule has 2 saturated carbocycles. The minimum absolute atomic E-state index is 0.0191. The molecular formula is C36H50F2N2O2. The lowest BCUT2D eigenvalue weighted by molar-refractivity contribution is -0.123. The van der Waals surface area contributed by atoms with E-state index in [0.29, 0.717) is 22.3 Å². The van der Waals surface area contributed by atoms with Crippen molar-refractivity contribution in [1.29, 1.82) is 0 Å². The molecule has 3 fully saturated rings. The molecule has 4 nitrogen and oxygen atoms in total. The van der Waals surface area contributed by atoms with Gasteiger partial charge in [-0.05, 0) is 81.1 Å². The first-order valence-electron chi connectivity index (χ1n) is 15.8. The van der Waals surface area contributed by atoms with E-state index in [9.17, 15) is 18.4 Å². The number of benzene rings is 2. The van der Waals surface area contributed by atoms with Gasteiger partial charge in [-0.25, -0.2) is 8.78 Å². The van der Waals surface area contributed by atoms with Crippen LogP contribution in [0.15, 0.2) is 54.6 Å². The maximum absolute atomic E-state index is 13.6. The molecule has 0 bridgehead atoms. The minimum atomic E-state index is -0.603. The Morgan fingerprint density at radius 3 is 2.07 bits per heavy atom. The van der Waals surface area contributed by atoms with Crippen LogP contribution in [0.5, 0.6) is 0 Å². The summed E-state index contributed by atoms with van der Waals surface area (Å²) in [6, 6.07) is 14.6. The van der Waals surface area contributed by atoms with Gasteiger partial charge in [-0.2, -0.15) is 0 Å². The molecule has 0 spiro atoms. The van der Waals surface area contributed by atoms with Crippen molar-refractivity contribution < 1.29 is 18.4 Å². The van der Waals surface area contributed by atoms with E-state index >= 15 is 0 Å². The molecule has 42 heavy (non-hydrogen) atoms. The topological polar surface area (TPSA) is 49.4 Å². The van der Waals surface area contributed by atoms with Gasteiger partial charge in [0, 0.05) is 43.2 Å². The molecule has 2 aliphatic heterocycles. The summed E-state index contributed by atoms with van der Waals surface area (Å²) in [6.45, 7) is 13.6. The number of rotatable bonds is 6. The molecule has 2 aromatic carbocycles. The van der Waals surface area contributed by atoms with Gasteiger partial charge in [0.05, 0.1) is 6.04 Å². The highest BCUT2D eigenvalue weighted by Gasteiger charge is 2.42. The van der Waals surface area contributed by atoms with Crippen LogP contribution in [0.3, 0.4) is 0 Å². The van der Waals surface area contributed by atoms with Gasteiger partial charge in [-0.3, -0.25) is 15.0 Å². The van der Waals surface area contributed by atoms with E-state index in [1.54, 1.807) is 13.0 Å². The van der Waals surface area contributed by atoms with Crippen molar-refractivity contribution in [1.82, 2.24) is 10.2 Å². The molecule has 2 heterocycles. The Morgan fingerprint density at radius 2 is 1.57 bits per heavy atom. The van der Waals surface area contributed by atoms with Gasteiger partial charge in [0.1, 0.15) is 17.4 Å². The van der Waals surface area contributed by atoms with E-state index in [1.165, 1.54) is 63.1 Å². The van der Waals surface area contributed by atoms with Crippen LogP contribution in [-0.2, 0) is 9.59 Å². The lowest BCUT2D eigenvalue weighted by atomic mass is 9.77. The number of carbonyl (C=O) groups is 2. The molecule has 1 N–H and O–H groups in total. The van der Waals surface area contributed by atoms with Gasteiger partial charge in [0.15, 0.2) is 5.78 Å². The van der Waals surface area contributed by atoms with Crippen LogP contribution in [-0.4, -0.2) is 47.7 Å². The number of likely N-dealkylation sites (tertiary alicyclic amines) is 1. The highest BCUT2D eigenvalue weighted by atomic mass is 19.1. The van der Waals surface area contributed by atoms with Crippen LogP contribution in [0.4, 0.5) is 8.78 Å². The Balaban J connectivity index is 0.000000174. The summed E-state index contributed by atoms with van der Waals surface area (Å²) in [5, 5.41) is 3.04. The van der Waals surface area contributed by atoms with Crippen LogP contribution >= 0.6 is 0 Å². The summed E-state index contributed by atoms with van der Waals surface area (Å²) in [4.78, 5) is 24.9. The average Bonchev–Trinajstić information content (AvgIpc) is 3.51. The molecule has 0 amide bonds. The number of hydrogen-bond donors (Lipinski definition) is 1. The zero-order valence-corrected chi connectivity index (χ0v) is 26.4. The van der Waals surface area contributed by atoms with E-state index in [2.05, 4.69) is 47.5 Å². The summed E-state index contributed by atoms with van der Waals surface area (Å²) in [7, 11) is 0. The maximum Gasteiger partial charge on any atom is 0.150 e. The molecule has 6 rings (SSSR count). The predicted molar refractivity (Wildman–Crippen MR) is 168 cm³/mol. The van der Waals surface area contributed by atoms with E-state index < -0.39 is 11.6 Å². The average molecular weight is 581 g/mol. The molecular weight excluding hydrogens is 530 g/mol. The quantitative estimate of drug-likeness (QED) is 0.375. The molecule has 2 atom stereocenters. The second-order valence-electron chi connectivity index (χ2n) is 12.4. The van der Waals surface area contributed by atoms with Crippen molar-refractivity contribution in [2.75, 3.05) is 13.1 Å². The minimum Gasteiger partial charge on any atom is -0.300 e. The number of nitrogens with one attached hydrogen (secondary N) is 1. The van der Waals surface area contributed by atoms with Gasteiger partial charge < -0.3 is 4.79 Å². The fourth-order valence-corrected chi connectivity index (χ4v) is 6.33. The van der Waals surface area contributed by atoms with Crippen LogP contribution < -0.4 is 5.32 Å². The fourth-order valence-electron chi connectivity index (χ4n) is 6.33. The number of halogens is 2. The molecule has 2 aromatic rings. The Bertz CT molecular complexity index is 1200. The summed E-state index contributed by atoms with van der Waals surface area (Å²) in [5.41, 5.74) is 2.87. The standard InChI is InChI=1S/C13H13F2NO.C12H21NO.C9H10.C2H6/c1-7-11(6-13(16-7)8(2)17)10-4-3-9(14)5-12(10)15;1-10(14)7-12(2)8-13(9-12)11-5-3-4-6-11;1-2-4-8(5-3-1)9-6-7-9;1-2/h3-7,13,16H,1-2H3;11H,3-9H2,1-2H3;1-5,9H,6-7H2;1-2H3. The van der Waals surface area contributed by atoms with E-state index in [1.807, 2.05) is 20.8 Å². The zero-order chi connectivity index (χ0) is 30.9. The van der Waals surface area contributed by atoms with Crippen LogP contribution in [0.2, 0.25) is 0 Å². The normalized spacial score (nSPS) is 22.7. The molecule has 6 heteroatoms. The fraction of sp³-hybridized carbons (Fsp3) is 0.556. The van der Waals surface area contributed by atoms with Crippen molar-refractivity contribution >= 4 is 17.1 Å². The van der Waals surface area contributed by atoms with Crippen molar-refractivity contribution in [3.05, 3.63) is 77.4 Å². The zero-order valence-electron chi connectivity index (χ0n) is 26.4. The van der Waals surface area contributed by atoms with Crippen molar-refractivity contribution in [3.63, 3.8) is 0 Å². The molecule has 2 unspecified atom stereocenters. The Morgan fingerprint density at radius 1 is 0.952 bits per heavy atom. The highest BCUT2D eigenvalue weighted by molar-refractivity contribution is 5.89. The third-order valence-corrected chi connectivity index (χ3v) is 8.46. The lowest BCUT2D eigenvalue weighted by Gasteiger charge is -2.50. The second-order valence-corrected chi connectivity index (χ2v) is 12.4. The first-order chi connectivity index (χ1) is 20.0. The van der Waals surface area contributed by atoms with E-state index in [0.717, 1.165) is 37.5 Å². The van der Waals surface area contributed by atoms with Gasteiger partial charge in [0.2, 0.25) is 0 Å². The summed E-state index contributed by atoms with van der Waals surface area (Å²) < 4.78 is 26.4. The smallest absolute Gasteiger partial charge is 0.150 e. The van der Waals surface area contributed by atoms with Gasteiger partial charge in [0.25, 0.3) is 0 Å². The predicted octanol–water partition coefficient (Wildman–Crippen LogP) is 8.12. The molecule has 4 aliphatic rings.